The molecule has 0 aliphatic carbocycles. The summed E-state index contributed by atoms with van der Waals surface area (Å²) in [4.78, 5) is 2.48. The van der Waals surface area contributed by atoms with Crippen molar-refractivity contribution >= 4 is 11.8 Å². The molecule has 0 amide bonds. The van der Waals surface area contributed by atoms with E-state index in [2.05, 4.69) is 37.4 Å². The average Bonchev–Trinajstić information content (AvgIpc) is 2.25. The molecule has 1 N–H and O–H groups in total. The molecule has 0 aliphatic rings. The molecule has 15 heavy (non-hydrogen) atoms. The number of hydrogen-bond donors (Lipinski definition) is 1. The van der Waals surface area contributed by atoms with E-state index in [0.717, 1.165) is 12.6 Å². The van der Waals surface area contributed by atoms with E-state index in [4.69, 9.17) is 0 Å². The molecule has 0 heterocycles. The lowest BCUT2D eigenvalue weighted by atomic mass is 10.2. The first kappa shape index (κ1) is 15.3. The van der Waals surface area contributed by atoms with Gasteiger partial charge in [-0.25, -0.2) is 0 Å². The molecule has 0 radical (unpaired) electrons. The number of unbranched alkanes of at least 4 members (excludes halogenated alkanes) is 1. The smallest absolute Gasteiger partial charge is 0.0181 e. The van der Waals surface area contributed by atoms with Gasteiger partial charge >= 0.3 is 0 Å². The van der Waals surface area contributed by atoms with E-state index < -0.39 is 0 Å². The van der Waals surface area contributed by atoms with Gasteiger partial charge in [0.1, 0.15) is 0 Å². The van der Waals surface area contributed by atoms with Crippen molar-refractivity contribution in [3.63, 3.8) is 0 Å². The van der Waals surface area contributed by atoms with Crippen LogP contribution in [0.15, 0.2) is 0 Å². The Labute approximate surface area is 100 Å². The molecule has 2 nitrogen and oxygen atoms in total. The summed E-state index contributed by atoms with van der Waals surface area (Å²) >= 11 is 1.95. The minimum Gasteiger partial charge on any atom is -0.315 e. The number of thioether (sulfide) groups is 1. The van der Waals surface area contributed by atoms with Crippen LogP contribution in [0.1, 0.15) is 33.1 Å². The van der Waals surface area contributed by atoms with Crippen molar-refractivity contribution in [2.24, 2.45) is 0 Å². The third-order valence-electron chi connectivity index (χ3n) is 2.80. The van der Waals surface area contributed by atoms with E-state index in [1.165, 1.54) is 38.1 Å². The number of rotatable bonds is 10. The molecule has 0 rings (SSSR count). The fourth-order valence-corrected chi connectivity index (χ4v) is 2.49. The van der Waals surface area contributed by atoms with Crippen LogP contribution in [0, 0.1) is 0 Å². The van der Waals surface area contributed by atoms with Crippen molar-refractivity contribution in [2.45, 2.75) is 39.2 Å². The lowest BCUT2D eigenvalue weighted by Gasteiger charge is -2.26. The van der Waals surface area contributed by atoms with Crippen LogP contribution >= 0.6 is 11.8 Å². The monoisotopic (exact) mass is 232 g/mol. The minimum atomic E-state index is 0.743. The maximum Gasteiger partial charge on any atom is 0.0181 e. The van der Waals surface area contributed by atoms with Crippen molar-refractivity contribution in [3.8, 4) is 0 Å². The summed E-state index contributed by atoms with van der Waals surface area (Å²) in [7, 11) is 2.24. The van der Waals surface area contributed by atoms with E-state index in [0.29, 0.717) is 0 Å². The molecular formula is C12H28N2S. The zero-order valence-corrected chi connectivity index (χ0v) is 11.7. The third-order valence-corrected chi connectivity index (χ3v) is 3.52. The van der Waals surface area contributed by atoms with E-state index in [-0.39, 0.29) is 0 Å². The minimum absolute atomic E-state index is 0.743. The Balaban J connectivity index is 3.48. The molecule has 0 spiro atoms. The number of nitrogens with one attached hydrogen (secondary N) is 1. The van der Waals surface area contributed by atoms with Crippen LogP contribution in [-0.2, 0) is 0 Å². The Hall–Kier alpha value is 0.270. The quantitative estimate of drug-likeness (QED) is 0.583. The normalized spacial score (nSPS) is 13.4. The van der Waals surface area contributed by atoms with Crippen LogP contribution in [0.25, 0.3) is 0 Å². The second-order valence-electron chi connectivity index (χ2n) is 4.10. The Morgan fingerprint density at radius 2 is 2.00 bits per heavy atom. The molecule has 0 aromatic heterocycles. The summed E-state index contributed by atoms with van der Waals surface area (Å²) in [5.41, 5.74) is 0. The summed E-state index contributed by atoms with van der Waals surface area (Å²) in [6.45, 7) is 7.98. The molecule has 0 aromatic carbocycles. The van der Waals surface area contributed by atoms with Gasteiger partial charge in [0.2, 0.25) is 0 Å². The second kappa shape index (κ2) is 10.8. The molecule has 0 bridgehead atoms. The van der Waals surface area contributed by atoms with E-state index in [1.54, 1.807) is 0 Å². The highest BCUT2D eigenvalue weighted by molar-refractivity contribution is 7.98. The van der Waals surface area contributed by atoms with Crippen molar-refractivity contribution in [3.05, 3.63) is 0 Å². The zero-order valence-electron chi connectivity index (χ0n) is 10.9. The molecule has 0 aliphatic heterocycles. The van der Waals surface area contributed by atoms with Crippen LogP contribution < -0.4 is 5.32 Å². The van der Waals surface area contributed by atoms with Gasteiger partial charge in [-0.3, -0.25) is 0 Å². The Kier molecular flexibility index (Phi) is 11.0. The Bertz CT molecular complexity index is 131. The Morgan fingerprint density at radius 1 is 1.27 bits per heavy atom. The van der Waals surface area contributed by atoms with Crippen LogP contribution in [0.2, 0.25) is 0 Å². The molecule has 1 unspecified atom stereocenters. The van der Waals surface area contributed by atoms with Gasteiger partial charge in [-0.1, -0.05) is 20.3 Å². The first-order valence-corrected chi connectivity index (χ1v) is 7.55. The standard InChI is InChI=1S/C12H28N2S/c1-5-7-8-13-9-10-14(3)12(6-2)11-15-4/h12-13H,5-11H2,1-4H3. The molecule has 0 saturated carbocycles. The van der Waals surface area contributed by atoms with Gasteiger partial charge in [0.05, 0.1) is 0 Å². The van der Waals surface area contributed by atoms with Crippen LogP contribution in [0.5, 0.6) is 0 Å². The second-order valence-corrected chi connectivity index (χ2v) is 5.01. The van der Waals surface area contributed by atoms with Crippen molar-refractivity contribution in [1.82, 2.24) is 10.2 Å². The van der Waals surface area contributed by atoms with Crippen LogP contribution in [0.4, 0.5) is 0 Å². The summed E-state index contributed by atoms with van der Waals surface area (Å²) in [5, 5.41) is 3.49. The predicted molar refractivity (Wildman–Crippen MR) is 72.9 cm³/mol. The summed E-state index contributed by atoms with van der Waals surface area (Å²) in [5.74, 6) is 1.25. The maximum absolute atomic E-state index is 3.49. The van der Waals surface area contributed by atoms with Gasteiger partial charge in [-0.2, -0.15) is 11.8 Å². The fourth-order valence-electron chi connectivity index (χ4n) is 1.61. The largest absolute Gasteiger partial charge is 0.315 e. The third kappa shape index (κ3) is 8.12. The fraction of sp³-hybridized carbons (Fsp3) is 1.00. The van der Waals surface area contributed by atoms with Crippen molar-refractivity contribution in [1.29, 1.82) is 0 Å². The van der Waals surface area contributed by atoms with Gasteiger partial charge < -0.3 is 10.2 Å². The average molecular weight is 232 g/mol. The topological polar surface area (TPSA) is 15.3 Å². The summed E-state index contributed by atoms with van der Waals surface area (Å²) < 4.78 is 0. The first-order chi connectivity index (χ1) is 7.26. The summed E-state index contributed by atoms with van der Waals surface area (Å²) in [6, 6.07) is 0.743. The number of likely N-dealkylation sites (N-methyl/N-ethyl adjacent to an activating group) is 1. The molecular weight excluding hydrogens is 204 g/mol. The molecule has 0 aromatic rings. The molecule has 0 fully saturated rings. The highest BCUT2D eigenvalue weighted by atomic mass is 32.2. The summed E-state index contributed by atoms with van der Waals surface area (Å²) in [6.07, 6.45) is 6.03. The van der Waals surface area contributed by atoms with E-state index in [1.807, 2.05) is 11.8 Å². The Morgan fingerprint density at radius 3 is 2.53 bits per heavy atom. The maximum atomic E-state index is 3.49. The lowest BCUT2D eigenvalue weighted by Crippen LogP contribution is -2.38. The molecule has 0 saturated heterocycles. The highest BCUT2D eigenvalue weighted by Gasteiger charge is 2.10. The van der Waals surface area contributed by atoms with E-state index >= 15 is 0 Å². The van der Waals surface area contributed by atoms with Gasteiger partial charge in [0.25, 0.3) is 0 Å². The number of hydrogen-bond acceptors (Lipinski definition) is 3. The van der Waals surface area contributed by atoms with Crippen LogP contribution in [-0.4, -0.2) is 49.6 Å². The highest BCUT2D eigenvalue weighted by Crippen LogP contribution is 2.07. The lowest BCUT2D eigenvalue weighted by molar-refractivity contribution is 0.256. The first-order valence-electron chi connectivity index (χ1n) is 6.16. The van der Waals surface area contributed by atoms with Crippen molar-refractivity contribution in [2.75, 3.05) is 38.7 Å². The molecule has 1 atom stereocenters. The number of nitrogens with zero attached hydrogens (tertiary/aromatic N) is 1. The van der Waals surface area contributed by atoms with Gasteiger partial charge in [0.15, 0.2) is 0 Å². The SMILES string of the molecule is CCCCNCCN(C)C(CC)CSC. The van der Waals surface area contributed by atoms with Gasteiger partial charge in [0, 0.05) is 24.9 Å². The van der Waals surface area contributed by atoms with Gasteiger partial charge in [-0.05, 0) is 32.7 Å². The van der Waals surface area contributed by atoms with Gasteiger partial charge in [-0.15, -0.1) is 0 Å². The molecule has 3 heteroatoms. The predicted octanol–water partition coefficient (Wildman–Crippen LogP) is 2.45. The molecule has 92 valence electrons. The van der Waals surface area contributed by atoms with E-state index in [9.17, 15) is 0 Å². The zero-order chi connectivity index (χ0) is 11.5. The van der Waals surface area contributed by atoms with Crippen LogP contribution in [0.3, 0.4) is 0 Å². The van der Waals surface area contributed by atoms with Crippen molar-refractivity contribution < 1.29 is 0 Å².